The van der Waals surface area contributed by atoms with Crippen LogP contribution in [0.3, 0.4) is 0 Å². The molecule has 0 atom stereocenters. The molecule has 2 rings (SSSR count). The highest BCUT2D eigenvalue weighted by atomic mass is 79.9. The third kappa shape index (κ3) is 1.72. The molecule has 0 aliphatic carbocycles. The van der Waals surface area contributed by atoms with Crippen LogP contribution in [-0.2, 0) is 0 Å². The van der Waals surface area contributed by atoms with Crippen LogP contribution in [0.25, 0.3) is 5.69 Å². The molecule has 0 saturated carbocycles. The lowest BCUT2D eigenvalue weighted by molar-refractivity contribution is 0.827. The summed E-state index contributed by atoms with van der Waals surface area (Å²) >= 11 is 3.54. The van der Waals surface area contributed by atoms with E-state index in [0.717, 1.165) is 21.5 Å². The van der Waals surface area contributed by atoms with Crippen molar-refractivity contribution in [3.8, 4) is 5.69 Å². The summed E-state index contributed by atoms with van der Waals surface area (Å²) < 4.78 is 3.07. The predicted octanol–water partition coefficient (Wildman–Crippen LogP) is 3.56. The highest BCUT2D eigenvalue weighted by Crippen LogP contribution is 2.24. The van der Waals surface area contributed by atoms with Gasteiger partial charge in [0.1, 0.15) is 0 Å². The Hall–Kier alpha value is -1.09. The maximum Gasteiger partial charge on any atom is 0.0743 e. The van der Waals surface area contributed by atoms with Gasteiger partial charge in [-0.1, -0.05) is 18.2 Å². The maximum atomic E-state index is 4.51. The Morgan fingerprint density at radius 2 is 1.80 bits per heavy atom. The SMILES string of the molecule is Cc1ccccc1-n1nc(C)c(Br)c1C. The Morgan fingerprint density at radius 1 is 1.13 bits per heavy atom. The van der Waals surface area contributed by atoms with E-state index in [-0.39, 0.29) is 0 Å². The molecule has 0 bridgehead atoms. The summed E-state index contributed by atoms with van der Waals surface area (Å²) in [5, 5.41) is 4.51. The van der Waals surface area contributed by atoms with Gasteiger partial charge in [0.25, 0.3) is 0 Å². The van der Waals surface area contributed by atoms with E-state index in [9.17, 15) is 0 Å². The minimum atomic E-state index is 1.02. The zero-order chi connectivity index (χ0) is 11.0. The number of aromatic nitrogens is 2. The molecule has 1 aromatic carbocycles. The van der Waals surface area contributed by atoms with Crippen LogP contribution in [0.1, 0.15) is 17.0 Å². The van der Waals surface area contributed by atoms with Gasteiger partial charge in [-0.15, -0.1) is 0 Å². The number of halogens is 1. The number of rotatable bonds is 1. The second kappa shape index (κ2) is 3.81. The molecular formula is C12H13BrN2. The topological polar surface area (TPSA) is 17.8 Å². The van der Waals surface area contributed by atoms with Crippen LogP contribution in [0.15, 0.2) is 28.7 Å². The van der Waals surface area contributed by atoms with Crippen molar-refractivity contribution in [2.45, 2.75) is 20.8 Å². The van der Waals surface area contributed by atoms with Crippen molar-refractivity contribution in [3.05, 3.63) is 45.7 Å². The van der Waals surface area contributed by atoms with Crippen LogP contribution in [0.2, 0.25) is 0 Å². The highest BCUT2D eigenvalue weighted by molar-refractivity contribution is 9.10. The molecule has 1 heterocycles. The van der Waals surface area contributed by atoms with Gasteiger partial charge in [-0.05, 0) is 48.3 Å². The molecule has 2 aromatic rings. The van der Waals surface area contributed by atoms with Gasteiger partial charge in [-0.25, -0.2) is 4.68 Å². The third-order valence-electron chi connectivity index (χ3n) is 2.55. The van der Waals surface area contributed by atoms with Crippen LogP contribution in [0.5, 0.6) is 0 Å². The maximum absolute atomic E-state index is 4.51. The van der Waals surface area contributed by atoms with Crippen molar-refractivity contribution in [1.29, 1.82) is 0 Å². The zero-order valence-electron chi connectivity index (χ0n) is 9.08. The largest absolute Gasteiger partial charge is 0.236 e. The number of hydrogen-bond donors (Lipinski definition) is 0. The molecule has 1 aromatic heterocycles. The van der Waals surface area contributed by atoms with Crippen LogP contribution in [-0.4, -0.2) is 9.78 Å². The summed E-state index contributed by atoms with van der Waals surface area (Å²) in [6, 6.07) is 8.26. The van der Waals surface area contributed by atoms with Crippen molar-refractivity contribution in [1.82, 2.24) is 9.78 Å². The monoisotopic (exact) mass is 264 g/mol. The number of para-hydroxylation sites is 1. The molecule has 0 radical (unpaired) electrons. The van der Waals surface area contributed by atoms with Crippen molar-refractivity contribution >= 4 is 15.9 Å². The molecule has 0 N–H and O–H groups in total. The highest BCUT2D eigenvalue weighted by Gasteiger charge is 2.10. The summed E-state index contributed by atoms with van der Waals surface area (Å²) in [6.45, 7) is 6.17. The lowest BCUT2D eigenvalue weighted by Crippen LogP contribution is -2.00. The van der Waals surface area contributed by atoms with Gasteiger partial charge in [0.2, 0.25) is 0 Å². The Bertz CT molecular complexity index is 500. The Morgan fingerprint density at radius 3 is 2.33 bits per heavy atom. The summed E-state index contributed by atoms with van der Waals surface area (Å²) in [7, 11) is 0. The average molecular weight is 265 g/mol. The molecule has 15 heavy (non-hydrogen) atoms. The van der Waals surface area contributed by atoms with Gasteiger partial charge in [0, 0.05) is 0 Å². The quantitative estimate of drug-likeness (QED) is 0.770. The minimum Gasteiger partial charge on any atom is -0.236 e. The van der Waals surface area contributed by atoms with Crippen molar-refractivity contribution in [3.63, 3.8) is 0 Å². The van der Waals surface area contributed by atoms with E-state index >= 15 is 0 Å². The molecular weight excluding hydrogens is 252 g/mol. The normalized spacial score (nSPS) is 10.7. The van der Waals surface area contributed by atoms with Crippen LogP contribution in [0, 0.1) is 20.8 Å². The van der Waals surface area contributed by atoms with E-state index < -0.39 is 0 Å². The lowest BCUT2D eigenvalue weighted by atomic mass is 10.2. The Labute approximate surface area is 98.1 Å². The molecule has 0 unspecified atom stereocenters. The minimum absolute atomic E-state index is 1.02. The number of hydrogen-bond acceptors (Lipinski definition) is 1. The molecule has 0 spiro atoms. The number of aryl methyl sites for hydroxylation is 2. The van der Waals surface area contributed by atoms with Crippen LogP contribution < -0.4 is 0 Å². The van der Waals surface area contributed by atoms with Crippen molar-refractivity contribution in [2.75, 3.05) is 0 Å². The van der Waals surface area contributed by atoms with Crippen molar-refractivity contribution in [2.24, 2.45) is 0 Å². The molecule has 0 amide bonds. The van der Waals surface area contributed by atoms with Crippen LogP contribution >= 0.6 is 15.9 Å². The van der Waals surface area contributed by atoms with Gasteiger partial charge in [0.05, 0.1) is 21.5 Å². The van der Waals surface area contributed by atoms with E-state index in [1.165, 1.54) is 5.56 Å². The van der Waals surface area contributed by atoms with Gasteiger partial charge in [-0.3, -0.25) is 0 Å². The number of benzene rings is 1. The van der Waals surface area contributed by atoms with E-state index in [1.807, 2.05) is 23.7 Å². The van der Waals surface area contributed by atoms with Gasteiger partial charge in [-0.2, -0.15) is 5.10 Å². The first-order valence-electron chi connectivity index (χ1n) is 4.89. The number of nitrogens with zero attached hydrogens (tertiary/aromatic N) is 2. The Kier molecular flexibility index (Phi) is 2.65. The summed E-state index contributed by atoms with van der Waals surface area (Å²) in [6.07, 6.45) is 0. The van der Waals surface area contributed by atoms with E-state index in [1.54, 1.807) is 0 Å². The molecule has 78 valence electrons. The molecule has 3 heteroatoms. The first-order chi connectivity index (χ1) is 7.11. The van der Waals surface area contributed by atoms with Crippen LogP contribution in [0.4, 0.5) is 0 Å². The fourth-order valence-corrected chi connectivity index (χ4v) is 1.91. The average Bonchev–Trinajstić information content (AvgIpc) is 2.47. The van der Waals surface area contributed by atoms with E-state index in [0.29, 0.717) is 0 Å². The smallest absolute Gasteiger partial charge is 0.0743 e. The fraction of sp³-hybridized carbons (Fsp3) is 0.250. The second-order valence-electron chi connectivity index (χ2n) is 3.68. The molecule has 0 fully saturated rings. The lowest BCUT2D eigenvalue weighted by Gasteiger charge is -2.07. The van der Waals surface area contributed by atoms with E-state index in [4.69, 9.17) is 0 Å². The molecule has 0 aliphatic heterocycles. The van der Waals surface area contributed by atoms with Gasteiger partial charge < -0.3 is 0 Å². The predicted molar refractivity (Wildman–Crippen MR) is 65.5 cm³/mol. The van der Waals surface area contributed by atoms with E-state index in [2.05, 4.69) is 47.0 Å². The zero-order valence-corrected chi connectivity index (χ0v) is 10.7. The third-order valence-corrected chi connectivity index (χ3v) is 3.69. The van der Waals surface area contributed by atoms with Gasteiger partial charge in [0.15, 0.2) is 0 Å². The summed E-state index contributed by atoms with van der Waals surface area (Å²) in [5.41, 5.74) is 4.54. The van der Waals surface area contributed by atoms with Crippen molar-refractivity contribution < 1.29 is 0 Å². The summed E-state index contributed by atoms with van der Waals surface area (Å²) in [4.78, 5) is 0. The molecule has 2 nitrogen and oxygen atoms in total. The Balaban J connectivity index is 2.65. The molecule has 0 saturated heterocycles. The first kappa shape index (κ1) is 10.4. The first-order valence-corrected chi connectivity index (χ1v) is 5.68. The summed E-state index contributed by atoms with van der Waals surface area (Å²) in [5.74, 6) is 0. The molecule has 0 aliphatic rings. The fourth-order valence-electron chi connectivity index (χ4n) is 1.66. The standard InChI is InChI=1S/C12H13BrN2/c1-8-6-4-5-7-11(8)15-10(3)12(13)9(2)14-15/h4-7H,1-3H3. The van der Waals surface area contributed by atoms with Gasteiger partial charge >= 0.3 is 0 Å². The second-order valence-corrected chi connectivity index (χ2v) is 4.48.